The molecule has 7 heteroatoms. The average Bonchev–Trinajstić information content (AvgIpc) is 2.20. The van der Waals surface area contributed by atoms with Crippen molar-refractivity contribution in [3.63, 3.8) is 0 Å². The first-order valence-corrected chi connectivity index (χ1v) is 6.75. The van der Waals surface area contributed by atoms with E-state index < -0.39 is 32.1 Å². The van der Waals surface area contributed by atoms with Gasteiger partial charge in [-0.2, -0.15) is 0 Å². The summed E-state index contributed by atoms with van der Waals surface area (Å²) in [4.78, 5) is -0.726. The van der Waals surface area contributed by atoms with Gasteiger partial charge in [0.25, 0.3) is 0 Å². The topological polar surface area (TPSA) is 46.2 Å². The van der Waals surface area contributed by atoms with Crippen LogP contribution >= 0.6 is 11.6 Å². The summed E-state index contributed by atoms with van der Waals surface area (Å²) in [5.41, 5.74) is -0.945. The lowest BCUT2D eigenvalue weighted by Gasteiger charge is -2.23. The molecule has 0 atom stereocenters. The number of hydrogen-bond acceptors (Lipinski definition) is 2. The van der Waals surface area contributed by atoms with Crippen molar-refractivity contribution in [1.82, 2.24) is 4.72 Å². The van der Waals surface area contributed by atoms with Gasteiger partial charge in [0.2, 0.25) is 10.0 Å². The predicted octanol–water partition coefficient (Wildman–Crippen LogP) is 2.26. The Kier molecular flexibility index (Phi) is 4.11. The van der Waals surface area contributed by atoms with Gasteiger partial charge in [0.05, 0.1) is 0 Å². The molecule has 1 aromatic rings. The van der Waals surface area contributed by atoms with Crippen LogP contribution < -0.4 is 4.72 Å². The number of alkyl halides is 1. The molecule has 0 unspecified atom stereocenters. The third-order valence-corrected chi connectivity index (χ3v) is 4.31. The Morgan fingerprint density at radius 3 is 2.47 bits per heavy atom. The molecule has 96 valence electrons. The summed E-state index contributed by atoms with van der Waals surface area (Å²) in [6.07, 6.45) is 0. The number of nitrogens with one attached hydrogen (secondary N) is 1. The molecular formula is C10H12ClF2NO2S. The number of halogens is 3. The van der Waals surface area contributed by atoms with Crippen molar-refractivity contribution in [2.75, 3.05) is 5.88 Å². The zero-order valence-corrected chi connectivity index (χ0v) is 10.9. The standard InChI is InChI=1S/C10H12ClF2NO2S/c1-10(2,6-11)14-17(15,16)9-5-7(12)3-4-8(9)13/h3-5,14H,6H2,1-2H3. The lowest BCUT2D eigenvalue weighted by atomic mass is 10.1. The Labute approximate surface area is 104 Å². The number of rotatable bonds is 4. The fraction of sp³-hybridized carbons (Fsp3) is 0.400. The molecule has 0 radical (unpaired) electrons. The third-order valence-electron chi connectivity index (χ3n) is 1.93. The SMILES string of the molecule is CC(C)(CCl)NS(=O)(=O)c1cc(F)ccc1F. The van der Waals surface area contributed by atoms with Crippen molar-refractivity contribution in [2.45, 2.75) is 24.3 Å². The minimum atomic E-state index is -4.13. The molecule has 17 heavy (non-hydrogen) atoms. The summed E-state index contributed by atoms with van der Waals surface area (Å²) in [6.45, 7) is 3.07. The van der Waals surface area contributed by atoms with Crippen LogP contribution in [0.2, 0.25) is 0 Å². The molecule has 0 amide bonds. The van der Waals surface area contributed by atoms with E-state index in [1.165, 1.54) is 13.8 Å². The van der Waals surface area contributed by atoms with Gasteiger partial charge in [0, 0.05) is 11.4 Å². The Morgan fingerprint density at radius 2 is 1.94 bits per heavy atom. The van der Waals surface area contributed by atoms with Crippen LogP contribution in [0.15, 0.2) is 23.1 Å². The summed E-state index contributed by atoms with van der Waals surface area (Å²) < 4.78 is 52.0. The van der Waals surface area contributed by atoms with Gasteiger partial charge in [-0.25, -0.2) is 21.9 Å². The third kappa shape index (κ3) is 3.62. The van der Waals surface area contributed by atoms with E-state index >= 15 is 0 Å². The second kappa shape index (κ2) is 4.88. The van der Waals surface area contributed by atoms with Gasteiger partial charge < -0.3 is 0 Å². The highest BCUT2D eigenvalue weighted by molar-refractivity contribution is 7.89. The molecule has 0 heterocycles. The molecule has 0 aliphatic carbocycles. The first-order chi connectivity index (χ1) is 7.68. The maximum Gasteiger partial charge on any atom is 0.244 e. The zero-order valence-electron chi connectivity index (χ0n) is 9.30. The van der Waals surface area contributed by atoms with E-state index in [4.69, 9.17) is 11.6 Å². The molecule has 0 saturated heterocycles. The van der Waals surface area contributed by atoms with Gasteiger partial charge in [-0.1, -0.05) is 0 Å². The molecule has 0 aliphatic heterocycles. The molecule has 3 nitrogen and oxygen atoms in total. The van der Waals surface area contributed by atoms with Crippen molar-refractivity contribution < 1.29 is 17.2 Å². The molecule has 0 saturated carbocycles. The minimum absolute atomic E-state index is 0.00314. The van der Waals surface area contributed by atoms with Crippen LogP contribution in [0.3, 0.4) is 0 Å². The molecule has 1 rings (SSSR count). The van der Waals surface area contributed by atoms with Crippen molar-refractivity contribution in [2.24, 2.45) is 0 Å². The van der Waals surface area contributed by atoms with Crippen LogP contribution in [0.5, 0.6) is 0 Å². The van der Waals surface area contributed by atoms with E-state index in [0.717, 1.165) is 12.1 Å². The van der Waals surface area contributed by atoms with E-state index in [1.54, 1.807) is 0 Å². The van der Waals surface area contributed by atoms with E-state index in [0.29, 0.717) is 6.07 Å². The summed E-state index contributed by atoms with van der Waals surface area (Å²) in [5, 5.41) is 0. The number of hydrogen-bond donors (Lipinski definition) is 1. The van der Waals surface area contributed by atoms with E-state index in [-0.39, 0.29) is 5.88 Å². The van der Waals surface area contributed by atoms with Crippen LogP contribution in [0, 0.1) is 11.6 Å². The quantitative estimate of drug-likeness (QED) is 0.862. The largest absolute Gasteiger partial charge is 0.244 e. The molecule has 0 fully saturated rings. The second-order valence-electron chi connectivity index (χ2n) is 4.20. The molecule has 1 aromatic carbocycles. The Bertz CT molecular complexity index is 517. The van der Waals surface area contributed by atoms with Crippen LogP contribution in [0.25, 0.3) is 0 Å². The molecule has 0 spiro atoms. The minimum Gasteiger partial charge on any atom is -0.207 e. The summed E-state index contributed by atoms with van der Waals surface area (Å²) in [6, 6.07) is 2.24. The molecule has 0 bridgehead atoms. The van der Waals surface area contributed by atoms with Crippen LogP contribution in [-0.2, 0) is 10.0 Å². The maximum atomic E-state index is 13.3. The Morgan fingerprint density at radius 1 is 1.35 bits per heavy atom. The summed E-state index contributed by atoms with van der Waals surface area (Å²) in [5.74, 6) is -1.83. The first-order valence-electron chi connectivity index (χ1n) is 4.73. The van der Waals surface area contributed by atoms with Gasteiger partial charge in [0.1, 0.15) is 16.5 Å². The average molecular weight is 284 g/mol. The first kappa shape index (κ1) is 14.3. The number of sulfonamides is 1. The lowest BCUT2D eigenvalue weighted by Crippen LogP contribution is -2.45. The van der Waals surface area contributed by atoms with Crippen LogP contribution in [0.4, 0.5) is 8.78 Å². The summed E-state index contributed by atoms with van der Waals surface area (Å²) >= 11 is 5.56. The van der Waals surface area contributed by atoms with E-state index in [2.05, 4.69) is 4.72 Å². The molecule has 1 N–H and O–H groups in total. The molecule has 0 aromatic heterocycles. The van der Waals surface area contributed by atoms with Crippen LogP contribution in [-0.4, -0.2) is 19.8 Å². The highest BCUT2D eigenvalue weighted by atomic mass is 35.5. The maximum absolute atomic E-state index is 13.3. The Balaban J connectivity index is 3.18. The van der Waals surface area contributed by atoms with Crippen molar-refractivity contribution in [3.8, 4) is 0 Å². The smallest absolute Gasteiger partial charge is 0.207 e. The molecule has 0 aliphatic rings. The lowest BCUT2D eigenvalue weighted by molar-refractivity contribution is 0.488. The van der Waals surface area contributed by atoms with Gasteiger partial charge in [-0.05, 0) is 32.0 Å². The van der Waals surface area contributed by atoms with Crippen LogP contribution in [0.1, 0.15) is 13.8 Å². The van der Waals surface area contributed by atoms with Crippen molar-refractivity contribution >= 4 is 21.6 Å². The van der Waals surface area contributed by atoms with Gasteiger partial charge >= 0.3 is 0 Å². The normalized spacial score (nSPS) is 12.8. The highest BCUT2D eigenvalue weighted by Gasteiger charge is 2.27. The van der Waals surface area contributed by atoms with Gasteiger partial charge in [-0.3, -0.25) is 0 Å². The highest BCUT2D eigenvalue weighted by Crippen LogP contribution is 2.18. The van der Waals surface area contributed by atoms with Crippen molar-refractivity contribution in [1.29, 1.82) is 0 Å². The fourth-order valence-electron chi connectivity index (χ4n) is 1.13. The predicted molar refractivity (Wildman–Crippen MR) is 61.5 cm³/mol. The van der Waals surface area contributed by atoms with Gasteiger partial charge in [0.15, 0.2) is 0 Å². The monoisotopic (exact) mass is 283 g/mol. The van der Waals surface area contributed by atoms with E-state index in [9.17, 15) is 17.2 Å². The number of benzene rings is 1. The van der Waals surface area contributed by atoms with Gasteiger partial charge in [-0.15, -0.1) is 11.6 Å². The Hall–Kier alpha value is -0.720. The summed E-state index contributed by atoms with van der Waals surface area (Å²) in [7, 11) is -4.13. The fourth-order valence-corrected chi connectivity index (χ4v) is 2.78. The molecular weight excluding hydrogens is 272 g/mol. The zero-order chi connectivity index (χ0) is 13.3. The second-order valence-corrected chi connectivity index (χ2v) is 6.12. The van der Waals surface area contributed by atoms with Crippen molar-refractivity contribution in [3.05, 3.63) is 29.8 Å². The van der Waals surface area contributed by atoms with E-state index in [1.807, 2.05) is 0 Å².